The van der Waals surface area contributed by atoms with E-state index in [1.807, 2.05) is 24.3 Å². The molecule has 0 bridgehead atoms. The molecule has 0 saturated carbocycles. The fourth-order valence-corrected chi connectivity index (χ4v) is 1.79. The fourth-order valence-electron chi connectivity index (χ4n) is 1.79. The Morgan fingerprint density at radius 1 is 1.00 bits per heavy atom. The molecule has 0 amide bonds. The average Bonchev–Trinajstić information content (AvgIpc) is 2.46. The molecule has 0 heterocycles. The van der Waals surface area contributed by atoms with E-state index in [1.165, 1.54) is 5.56 Å². The minimum absolute atomic E-state index is 0.777. The van der Waals surface area contributed by atoms with E-state index in [0.29, 0.717) is 0 Å². The second-order valence-electron chi connectivity index (χ2n) is 4.38. The summed E-state index contributed by atoms with van der Waals surface area (Å²) in [6.07, 6.45) is 9.54. The van der Waals surface area contributed by atoms with Crippen molar-refractivity contribution in [1.29, 1.82) is 0 Å². The lowest BCUT2D eigenvalue weighted by atomic mass is 10.1. The molecule has 0 spiro atoms. The first-order chi connectivity index (χ1) is 9.21. The number of hydrogen-bond acceptors (Lipinski definition) is 1. The average molecular weight is 248 g/mol. The lowest BCUT2D eigenvalue weighted by Gasteiger charge is -2.03. The maximum Gasteiger partial charge on any atom is 0.120 e. The summed E-state index contributed by atoms with van der Waals surface area (Å²) in [4.78, 5) is 0. The Morgan fingerprint density at radius 2 is 1.68 bits per heavy atom. The molecule has 19 heavy (non-hydrogen) atoms. The summed E-state index contributed by atoms with van der Waals surface area (Å²) in [7, 11) is 1.64. The van der Waals surface area contributed by atoms with Gasteiger partial charge in [0.05, 0.1) is 7.11 Å². The summed E-state index contributed by atoms with van der Waals surface area (Å²) in [6.45, 7) is 2.08. The van der Waals surface area contributed by atoms with Gasteiger partial charge in [-0.25, -0.2) is 0 Å². The van der Waals surface area contributed by atoms with Gasteiger partial charge in [-0.1, -0.05) is 47.9 Å². The van der Waals surface area contributed by atoms with Crippen molar-refractivity contribution >= 4 is 12.2 Å². The maximum absolute atomic E-state index is 5.44. The van der Waals surface area contributed by atoms with Gasteiger partial charge in [0, 0.05) is 5.56 Å². The summed E-state index contributed by atoms with van der Waals surface area (Å²) in [5.74, 6) is 3.41. The van der Waals surface area contributed by atoms with Crippen molar-refractivity contribution in [3.63, 3.8) is 0 Å². The van der Waals surface area contributed by atoms with Crippen LogP contribution in [0.2, 0.25) is 0 Å². The molecule has 0 aliphatic rings. The SMILES string of the molecule is C#Cc1cc(/C=C\c2ccc(C)cc2)cc(OC)c1. The minimum Gasteiger partial charge on any atom is -0.497 e. The topological polar surface area (TPSA) is 9.23 Å². The highest BCUT2D eigenvalue weighted by atomic mass is 16.5. The van der Waals surface area contributed by atoms with Crippen LogP contribution in [0.4, 0.5) is 0 Å². The van der Waals surface area contributed by atoms with Gasteiger partial charge in [0.1, 0.15) is 5.75 Å². The molecule has 2 rings (SSSR count). The van der Waals surface area contributed by atoms with E-state index in [1.54, 1.807) is 7.11 Å². The van der Waals surface area contributed by atoms with Gasteiger partial charge in [0.2, 0.25) is 0 Å². The van der Waals surface area contributed by atoms with Crippen molar-refractivity contribution in [3.8, 4) is 18.1 Å². The van der Waals surface area contributed by atoms with E-state index in [4.69, 9.17) is 11.2 Å². The number of aryl methyl sites for hydroxylation is 1. The quantitative estimate of drug-likeness (QED) is 0.585. The van der Waals surface area contributed by atoms with Crippen molar-refractivity contribution in [2.45, 2.75) is 6.92 Å². The molecule has 1 nitrogen and oxygen atoms in total. The number of rotatable bonds is 3. The normalized spacial score (nSPS) is 10.4. The van der Waals surface area contributed by atoms with Gasteiger partial charge < -0.3 is 4.74 Å². The molecule has 0 aromatic heterocycles. The molecule has 0 saturated heterocycles. The van der Waals surface area contributed by atoms with Gasteiger partial charge in [-0.3, -0.25) is 0 Å². The van der Waals surface area contributed by atoms with Crippen molar-refractivity contribution in [2.75, 3.05) is 7.11 Å². The van der Waals surface area contributed by atoms with E-state index in [-0.39, 0.29) is 0 Å². The monoisotopic (exact) mass is 248 g/mol. The zero-order valence-electron chi connectivity index (χ0n) is 11.2. The number of ether oxygens (including phenoxy) is 1. The lowest BCUT2D eigenvalue weighted by molar-refractivity contribution is 0.414. The van der Waals surface area contributed by atoms with Crippen LogP contribution in [0, 0.1) is 19.3 Å². The minimum atomic E-state index is 0.777. The van der Waals surface area contributed by atoms with E-state index in [2.05, 4.69) is 43.2 Å². The van der Waals surface area contributed by atoms with Crippen LogP contribution in [-0.4, -0.2) is 7.11 Å². The largest absolute Gasteiger partial charge is 0.497 e. The second-order valence-corrected chi connectivity index (χ2v) is 4.38. The smallest absolute Gasteiger partial charge is 0.120 e. The fraction of sp³-hybridized carbons (Fsp3) is 0.111. The Kier molecular flexibility index (Phi) is 4.05. The van der Waals surface area contributed by atoms with Crippen LogP contribution < -0.4 is 4.74 Å². The number of methoxy groups -OCH3 is 1. The Balaban J connectivity index is 2.27. The van der Waals surface area contributed by atoms with Crippen LogP contribution in [0.3, 0.4) is 0 Å². The molecule has 2 aromatic rings. The first-order valence-corrected chi connectivity index (χ1v) is 6.12. The highest BCUT2D eigenvalue weighted by molar-refractivity contribution is 5.71. The predicted molar refractivity (Wildman–Crippen MR) is 81.0 cm³/mol. The summed E-state index contributed by atoms with van der Waals surface area (Å²) >= 11 is 0. The number of terminal acetylenes is 1. The molecule has 0 unspecified atom stereocenters. The van der Waals surface area contributed by atoms with Crippen molar-refractivity contribution < 1.29 is 4.74 Å². The van der Waals surface area contributed by atoms with Gasteiger partial charge in [-0.15, -0.1) is 6.42 Å². The third-order valence-corrected chi connectivity index (χ3v) is 2.88. The Labute approximate surface area is 114 Å². The van der Waals surface area contributed by atoms with Crippen LogP contribution in [0.25, 0.3) is 12.2 Å². The van der Waals surface area contributed by atoms with E-state index in [0.717, 1.165) is 22.4 Å². The van der Waals surface area contributed by atoms with Crippen molar-refractivity contribution in [2.24, 2.45) is 0 Å². The van der Waals surface area contributed by atoms with Gasteiger partial charge >= 0.3 is 0 Å². The molecule has 0 N–H and O–H groups in total. The zero-order chi connectivity index (χ0) is 13.7. The summed E-state index contributed by atoms with van der Waals surface area (Å²) in [5.41, 5.74) is 4.28. The first kappa shape index (κ1) is 13.0. The number of benzene rings is 2. The Hall–Kier alpha value is -2.46. The molecule has 0 aliphatic heterocycles. The summed E-state index contributed by atoms with van der Waals surface area (Å²) < 4.78 is 5.24. The zero-order valence-corrected chi connectivity index (χ0v) is 11.2. The van der Waals surface area contributed by atoms with Crippen LogP contribution in [0.15, 0.2) is 42.5 Å². The van der Waals surface area contributed by atoms with Crippen molar-refractivity contribution in [3.05, 3.63) is 64.7 Å². The number of hydrogen-bond donors (Lipinski definition) is 0. The van der Waals surface area contributed by atoms with Gasteiger partial charge in [0.15, 0.2) is 0 Å². The lowest BCUT2D eigenvalue weighted by Crippen LogP contribution is -1.86. The second kappa shape index (κ2) is 5.93. The van der Waals surface area contributed by atoms with Gasteiger partial charge in [-0.05, 0) is 36.2 Å². The molecular weight excluding hydrogens is 232 g/mol. The third kappa shape index (κ3) is 3.50. The Bertz CT molecular complexity index is 628. The van der Waals surface area contributed by atoms with Gasteiger partial charge in [-0.2, -0.15) is 0 Å². The maximum atomic E-state index is 5.44. The first-order valence-electron chi connectivity index (χ1n) is 6.12. The van der Waals surface area contributed by atoms with Crippen LogP contribution >= 0.6 is 0 Å². The Morgan fingerprint density at radius 3 is 2.32 bits per heavy atom. The third-order valence-electron chi connectivity index (χ3n) is 2.88. The van der Waals surface area contributed by atoms with Crippen LogP contribution in [-0.2, 0) is 0 Å². The van der Waals surface area contributed by atoms with Crippen LogP contribution in [0.1, 0.15) is 22.3 Å². The van der Waals surface area contributed by atoms with Crippen LogP contribution in [0.5, 0.6) is 5.75 Å². The molecule has 1 heteroatoms. The molecule has 0 radical (unpaired) electrons. The van der Waals surface area contributed by atoms with Gasteiger partial charge in [0.25, 0.3) is 0 Å². The highest BCUT2D eigenvalue weighted by Gasteiger charge is 1.97. The van der Waals surface area contributed by atoms with Crippen molar-refractivity contribution in [1.82, 2.24) is 0 Å². The molecule has 0 fully saturated rings. The summed E-state index contributed by atoms with van der Waals surface area (Å²) in [6, 6.07) is 14.2. The molecular formula is C18H16O. The summed E-state index contributed by atoms with van der Waals surface area (Å²) in [5, 5.41) is 0. The van der Waals surface area contributed by atoms with E-state index >= 15 is 0 Å². The molecule has 2 aromatic carbocycles. The molecule has 94 valence electrons. The highest BCUT2D eigenvalue weighted by Crippen LogP contribution is 2.18. The molecule has 0 aliphatic carbocycles. The van der Waals surface area contributed by atoms with E-state index in [9.17, 15) is 0 Å². The standard InChI is InChI=1S/C18H16O/c1-4-15-11-17(13-18(12-15)19-3)10-9-16-7-5-14(2)6-8-16/h1,5-13H,2-3H3/b10-9-. The van der Waals surface area contributed by atoms with E-state index < -0.39 is 0 Å². The predicted octanol–water partition coefficient (Wildman–Crippen LogP) is 4.16. The molecule has 0 atom stereocenters.